The van der Waals surface area contributed by atoms with Crippen LogP contribution in [-0.2, 0) is 11.3 Å². The molecule has 0 fully saturated rings. The summed E-state index contributed by atoms with van der Waals surface area (Å²) in [5.41, 5.74) is 3.32. The van der Waals surface area contributed by atoms with Crippen molar-refractivity contribution in [3.05, 3.63) is 41.0 Å². The van der Waals surface area contributed by atoms with Gasteiger partial charge in [-0.25, -0.2) is 9.97 Å². The Kier molecular flexibility index (Phi) is 5.42. The minimum Gasteiger partial charge on any atom is -0.378 e. The number of fused-ring (bicyclic) bond motifs is 1. The van der Waals surface area contributed by atoms with E-state index >= 15 is 0 Å². The van der Waals surface area contributed by atoms with E-state index in [1.165, 1.54) is 17.6 Å². The molecular formula is C17H18N6OS. The van der Waals surface area contributed by atoms with Gasteiger partial charge in [-0.15, -0.1) is 11.3 Å². The molecule has 3 aromatic rings. The maximum absolute atomic E-state index is 7.54. The molecule has 128 valence electrons. The van der Waals surface area contributed by atoms with E-state index in [4.69, 9.17) is 10.1 Å². The molecule has 0 saturated carbocycles. The highest BCUT2D eigenvalue weighted by molar-refractivity contribution is 7.13. The van der Waals surface area contributed by atoms with Crippen LogP contribution in [0, 0.1) is 5.41 Å². The van der Waals surface area contributed by atoms with Crippen LogP contribution in [0.3, 0.4) is 0 Å². The van der Waals surface area contributed by atoms with Crippen LogP contribution in [-0.4, -0.2) is 41.5 Å². The normalized spacial score (nSPS) is 12.6. The van der Waals surface area contributed by atoms with Crippen molar-refractivity contribution in [2.45, 2.75) is 12.5 Å². The molecule has 25 heavy (non-hydrogen) atoms. The first-order valence-electron chi connectivity index (χ1n) is 7.63. The third kappa shape index (κ3) is 4.04. The summed E-state index contributed by atoms with van der Waals surface area (Å²) < 4.78 is 5.08. The predicted molar refractivity (Wildman–Crippen MR) is 102 cm³/mol. The quantitative estimate of drug-likeness (QED) is 0.634. The molecule has 0 amide bonds. The van der Waals surface area contributed by atoms with E-state index in [-0.39, 0.29) is 5.92 Å². The molecule has 0 spiro atoms. The molecule has 8 heteroatoms. The third-order valence-electron chi connectivity index (χ3n) is 3.51. The van der Waals surface area contributed by atoms with E-state index in [9.17, 15) is 0 Å². The SMILES string of the molecule is CN=CC(C=N)c1cnc2ccc(Nc3nc(COC)cs3)nc2c1. The second-order valence-electron chi connectivity index (χ2n) is 5.31. The lowest BCUT2D eigenvalue weighted by atomic mass is 10.0. The molecule has 0 bridgehead atoms. The molecule has 3 rings (SSSR count). The summed E-state index contributed by atoms with van der Waals surface area (Å²) in [6, 6.07) is 5.71. The number of thiazole rings is 1. The second kappa shape index (κ2) is 7.91. The van der Waals surface area contributed by atoms with Crippen LogP contribution in [0.5, 0.6) is 0 Å². The van der Waals surface area contributed by atoms with Crippen molar-refractivity contribution in [2.75, 3.05) is 19.5 Å². The predicted octanol–water partition coefficient (Wildman–Crippen LogP) is 3.41. The number of rotatable bonds is 7. The minimum atomic E-state index is -0.198. The maximum atomic E-state index is 7.54. The summed E-state index contributed by atoms with van der Waals surface area (Å²) in [6.07, 6.45) is 4.81. The average Bonchev–Trinajstić information content (AvgIpc) is 3.06. The highest BCUT2D eigenvalue weighted by Crippen LogP contribution is 2.23. The highest BCUT2D eigenvalue weighted by Gasteiger charge is 2.09. The van der Waals surface area contributed by atoms with Gasteiger partial charge in [0.1, 0.15) is 5.82 Å². The van der Waals surface area contributed by atoms with Crippen molar-refractivity contribution in [3.63, 3.8) is 0 Å². The molecule has 0 aliphatic rings. The Labute approximate surface area is 149 Å². The Balaban J connectivity index is 1.88. The number of anilines is 2. The molecule has 3 heterocycles. The van der Waals surface area contributed by atoms with Gasteiger partial charge in [0.05, 0.1) is 29.3 Å². The molecule has 1 atom stereocenters. The van der Waals surface area contributed by atoms with Crippen LogP contribution in [0.15, 0.2) is 34.8 Å². The number of nitrogens with zero attached hydrogens (tertiary/aromatic N) is 4. The number of nitrogens with one attached hydrogen (secondary N) is 2. The zero-order valence-electron chi connectivity index (χ0n) is 13.9. The Bertz CT molecular complexity index is 907. The van der Waals surface area contributed by atoms with Crippen molar-refractivity contribution in [1.29, 1.82) is 5.41 Å². The van der Waals surface area contributed by atoms with Crippen LogP contribution >= 0.6 is 11.3 Å². The first-order valence-corrected chi connectivity index (χ1v) is 8.51. The molecule has 0 radical (unpaired) electrons. The zero-order chi connectivity index (χ0) is 17.6. The van der Waals surface area contributed by atoms with Gasteiger partial charge in [-0.05, 0) is 23.8 Å². The fraction of sp³-hybridized carbons (Fsp3) is 0.235. The van der Waals surface area contributed by atoms with Crippen molar-refractivity contribution < 1.29 is 4.74 Å². The summed E-state index contributed by atoms with van der Waals surface area (Å²) in [6.45, 7) is 0.487. The van der Waals surface area contributed by atoms with Gasteiger partial charge in [0, 0.05) is 38.2 Å². The third-order valence-corrected chi connectivity index (χ3v) is 4.32. The van der Waals surface area contributed by atoms with Crippen molar-refractivity contribution in [3.8, 4) is 0 Å². The van der Waals surface area contributed by atoms with E-state index < -0.39 is 0 Å². The first kappa shape index (κ1) is 17.1. The summed E-state index contributed by atoms with van der Waals surface area (Å²) in [5.74, 6) is 0.496. The highest BCUT2D eigenvalue weighted by atomic mass is 32.1. The minimum absolute atomic E-state index is 0.198. The van der Waals surface area contributed by atoms with Gasteiger partial charge in [-0.2, -0.15) is 0 Å². The summed E-state index contributed by atoms with van der Waals surface area (Å²) in [5, 5.41) is 13.5. The van der Waals surface area contributed by atoms with Gasteiger partial charge in [0.2, 0.25) is 0 Å². The zero-order valence-corrected chi connectivity index (χ0v) is 14.7. The largest absolute Gasteiger partial charge is 0.378 e. The van der Waals surface area contributed by atoms with Crippen LogP contribution in [0.2, 0.25) is 0 Å². The number of hydrogen-bond donors (Lipinski definition) is 2. The van der Waals surface area contributed by atoms with Gasteiger partial charge in [-0.1, -0.05) is 0 Å². The van der Waals surface area contributed by atoms with Crippen molar-refractivity contribution in [1.82, 2.24) is 15.0 Å². The van der Waals surface area contributed by atoms with Gasteiger partial charge in [0.25, 0.3) is 0 Å². The monoisotopic (exact) mass is 354 g/mol. The topological polar surface area (TPSA) is 96.1 Å². The molecule has 2 N–H and O–H groups in total. The lowest BCUT2D eigenvalue weighted by Gasteiger charge is -2.08. The van der Waals surface area contributed by atoms with Crippen molar-refractivity contribution in [2.24, 2.45) is 4.99 Å². The molecule has 7 nitrogen and oxygen atoms in total. The van der Waals surface area contributed by atoms with Crippen LogP contribution < -0.4 is 5.32 Å². The lowest BCUT2D eigenvalue weighted by Crippen LogP contribution is -2.03. The summed E-state index contributed by atoms with van der Waals surface area (Å²) in [4.78, 5) is 17.5. The van der Waals surface area contributed by atoms with Gasteiger partial charge < -0.3 is 15.5 Å². The number of methoxy groups -OCH3 is 1. The molecular weight excluding hydrogens is 336 g/mol. The van der Waals surface area contributed by atoms with E-state index in [1.807, 2.05) is 23.6 Å². The van der Waals surface area contributed by atoms with Crippen LogP contribution in [0.4, 0.5) is 10.9 Å². The molecule has 0 aliphatic carbocycles. The van der Waals surface area contributed by atoms with Crippen LogP contribution in [0.1, 0.15) is 17.2 Å². The Morgan fingerprint density at radius 2 is 2.24 bits per heavy atom. The maximum Gasteiger partial charge on any atom is 0.188 e. The second-order valence-corrected chi connectivity index (χ2v) is 6.16. The molecule has 0 aromatic carbocycles. The number of aliphatic imine (C=N–C) groups is 1. The summed E-state index contributed by atoms with van der Waals surface area (Å²) >= 11 is 1.50. The fourth-order valence-corrected chi connectivity index (χ4v) is 3.05. The number of ether oxygens (including phenoxy) is 1. The van der Waals surface area contributed by atoms with Gasteiger partial charge in [0.15, 0.2) is 5.13 Å². The van der Waals surface area contributed by atoms with Crippen molar-refractivity contribution >= 4 is 45.7 Å². The average molecular weight is 354 g/mol. The number of aromatic nitrogens is 3. The smallest absolute Gasteiger partial charge is 0.188 e. The van der Waals surface area contributed by atoms with Crippen LogP contribution in [0.25, 0.3) is 11.0 Å². The van der Waals surface area contributed by atoms with E-state index in [0.29, 0.717) is 12.4 Å². The number of hydrogen-bond acceptors (Lipinski definition) is 8. The van der Waals surface area contributed by atoms with E-state index in [2.05, 4.69) is 25.3 Å². The van der Waals surface area contributed by atoms with Gasteiger partial charge in [-0.3, -0.25) is 9.98 Å². The molecule has 0 saturated heterocycles. The Morgan fingerprint density at radius 3 is 3.00 bits per heavy atom. The molecule has 1 unspecified atom stereocenters. The summed E-state index contributed by atoms with van der Waals surface area (Å²) in [7, 11) is 3.34. The molecule has 3 aromatic heterocycles. The Morgan fingerprint density at radius 1 is 1.36 bits per heavy atom. The van der Waals surface area contributed by atoms with E-state index in [1.54, 1.807) is 26.6 Å². The Hall–Kier alpha value is -2.71. The lowest BCUT2D eigenvalue weighted by molar-refractivity contribution is 0.182. The fourth-order valence-electron chi connectivity index (χ4n) is 2.35. The first-order chi connectivity index (χ1) is 12.2. The standard InChI is InChI=1S/C17H18N6OS/c1-19-7-12(6-18)11-5-15-14(20-8-11)3-4-16(22-15)23-17-21-13(9-24-2)10-25-17/h3-8,10,12,18H,9H2,1-2H3,(H,21,22,23). The van der Waals surface area contributed by atoms with Gasteiger partial charge >= 0.3 is 0 Å². The molecule has 0 aliphatic heterocycles. The number of pyridine rings is 2. The van der Waals surface area contributed by atoms with E-state index in [0.717, 1.165) is 27.4 Å².